The van der Waals surface area contributed by atoms with Crippen molar-refractivity contribution in [1.29, 1.82) is 0 Å². The van der Waals surface area contributed by atoms with Crippen LogP contribution in [0.2, 0.25) is 5.02 Å². The molecule has 1 aromatic carbocycles. The number of aliphatic hydroxyl groups excluding tert-OH is 1. The van der Waals surface area contributed by atoms with E-state index in [1.54, 1.807) is 0 Å². The maximum atomic E-state index is 8.84. The van der Waals surface area contributed by atoms with E-state index in [-0.39, 0.29) is 12.1 Å². The van der Waals surface area contributed by atoms with Crippen LogP contribution in [0.25, 0.3) is 0 Å². The van der Waals surface area contributed by atoms with E-state index in [1.807, 2.05) is 12.1 Å². The van der Waals surface area contributed by atoms with E-state index in [1.165, 1.54) is 11.3 Å². The number of benzene rings is 1. The van der Waals surface area contributed by atoms with Gasteiger partial charge in [-0.15, -0.1) is 0 Å². The molecule has 0 aliphatic carbocycles. The number of aliphatic hydroxyl groups is 1. The van der Waals surface area contributed by atoms with Crippen LogP contribution in [-0.2, 0) is 6.54 Å². The summed E-state index contributed by atoms with van der Waals surface area (Å²) in [6.07, 6.45) is 3.01. The first kappa shape index (κ1) is 18.3. The van der Waals surface area contributed by atoms with Gasteiger partial charge in [-0.2, -0.15) is 0 Å². The lowest BCUT2D eigenvalue weighted by Gasteiger charge is -2.26. The average Bonchev–Trinajstić information content (AvgIpc) is 2.41. The van der Waals surface area contributed by atoms with Gasteiger partial charge in [-0.25, -0.2) is 0 Å². The summed E-state index contributed by atoms with van der Waals surface area (Å²) in [4.78, 5) is 2.25. The van der Waals surface area contributed by atoms with E-state index in [9.17, 15) is 0 Å². The minimum atomic E-state index is 0.0939. The summed E-state index contributed by atoms with van der Waals surface area (Å²) in [6.45, 7) is 8.59. The molecule has 0 fully saturated rings. The second-order valence-corrected chi connectivity index (χ2v) is 7.02. The van der Waals surface area contributed by atoms with Crippen molar-refractivity contribution in [2.45, 2.75) is 52.1 Å². The summed E-state index contributed by atoms with van der Waals surface area (Å²) in [6, 6.07) is 6.08. The molecule has 4 heteroatoms. The van der Waals surface area contributed by atoms with Crippen LogP contribution in [-0.4, -0.2) is 30.8 Å². The summed E-state index contributed by atoms with van der Waals surface area (Å²) in [5, 5.41) is 13.1. The number of anilines is 1. The number of rotatable bonds is 8. The van der Waals surface area contributed by atoms with Crippen LogP contribution < -0.4 is 10.2 Å². The molecule has 0 amide bonds. The Kier molecular flexibility index (Phi) is 7.50. The van der Waals surface area contributed by atoms with Crippen LogP contribution in [0.1, 0.15) is 45.6 Å². The monoisotopic (exact) mass is 312 g/mol. The maximum absolute atomic E-state index is 8.84. The van der Waals surface area contributed by atoms with Crippen molar-refractivity contribution in [2.24, 2.45) is 0 Å². The van der Waals surface area contributed by atoms with Gasteiger partial charge in [0.15, 0.2) is 0 Å². The highest BCUT2D eigenvalue weighted by atomic mass is 35.5. The summed E-state index contributed by atoms with van der Waals surface area (Å²) >= 11 is 6.15. The summed E-state index contributed by atoms with van der Waals surface area (Å²) in [5.41, 5.74) is 2.54. The maximum Gasteiger partial charge on any atom is 0.0431 e. The van der Waals surface area contributed by atoms with Gasteiger partial charge in [-0.3, -0.25) is 0 Å². The van der Waals surface area contributed by atoms with Crippen LogP contribution in [0.3, 0.4) is 0 Å². The molecule has 3 nitrogen and oxygen atoms in total. The molecule has 120 valence electrons. The van der Waals surface area contributed by atoms with Crippen LogP contribution in [0, 0.1) is 0 Å². The van der Waals surface area contributed by atoms with Gasteiger partial charge in [0.25, 0.3) is 0 Å². The summed E-state index contributed by atoms with van der Waals surface area (Å²) in [7, 11) is 2.10. The molecule has 1 rings (SSSR count). The van der Waals surface area contributed by atoms with Crippen molar-refractivity contribution in [3.05, 3.63) is 28.8 Å². The van der Waals surface area contributed by atoms with Crippen molar-refractivity contribution >= 4 is 17.3 Å². The fraction of sp³-hybridized carbons (Fsp3) is 0.647. The number of unbranched alkanes of at least 4 members (excludes halogenated alkanes) is 2. The first-order valence-corrected chi connectivity index (χ1v) is 8.07. The van der Waals surface area contributed by atoms with E-state index in [2.05, 4.69) is 44.1 Å². The van der Waals surface area contributed by atoms with Gasteiger partial charge in [0, 0.05) is 43.0 Å². The third kappa shape index (κ3) is 7.16. The highest BCUT2D eigenvalue weighted by Gasteiger charge is 2.12. The van der Waals surface area contributed by atoms with Crippen molar-refractivity contribution in [1.82, 2.24) is 5.32 Å². The molecule has 0 radical (unpaired) electrons. The number of nitrogens with one attached hydrogen (secondary N) is 1. The molecule has 2 N–H and O–H groups in total. The normalized spacial score (nSPS) is 11.7. The largest absolute Gasteiger partial charge is 0.396 e. The van der Waals surface area contributed by atoms with Gasteiger partial charge in [-0.1, -0.05) is 17.7 Å². The average molecular weight is 313 g/mol. The van der Waals surface area contributed by atoms with Crippen LogP contribution in [0.4, 0.5) is 5.69 Å². The Bertz CT molecular complexity index is 429. The molecule has 0 aliphatic rings. The van der Waals surface area contributed by atoms with Crippen LogP contribution >= 0.6 is 11.6 Å². The predicted molar refractivity (Wildman–Crippen MR) is 92.3 cm³/mol. The smallest absolute Gasteiger partial charge is 0.0431 e. The zero-order valence-electron chi connectivity index (χ0n) is 13.7. The molecule has 1 aromatic rings. The van der Waals surface area contributed by atoms with E-state index in [0.29, 0.717) is 0 Å². The van der Waals surface area contributed by atoms with E-state index in [4.69, 9.17) is 16.7 Å². The molecule has 0 heterocycles. The lowest BCUT2D eigenvalue weighted by molar-refractivity contribution is 0.283. The molecule has 0 atom stereocenters. The SMILES string of the molecule is CN(CCCCCO)c1cc(Cl)ccc1CNC(C)(C)C. The van der Waals surface area contributed by atoms with Crippen molar-refractivity contribution in [2.75, 3.05) is 25.1 Å². The lowest BCUT2D eigenvalue weighted by atomic mass is 10.1. The van der Waals surface area contributed by atoms with Gasteiger partial charge in [0.05, 0.1) is 0 Å². The van der Waals surface area contributed by atoms with Crippen molar-refractivity contribution in [3.8, 4) is 0 Å². The summed E-state index contributed by atoms with van der Waals surface area (Å²) in [5.74, 6) is 0. The number of hydrogen-bond acceptors (Lipinski definition) is 3. The Morgan fingerprint density at radius 3 is 2.52 bits per heavy atom. The molecule has 0 saturated carbocycles. The van der Waals surface area contributed by atoms with E-state index in [0.717, 1.165) is 37.4 Å². The molecule has 0 unspecified atom stereocenters. The number of nitrogens with zero attached hydrogens (tertiary/aromatic N) is 1. The van der Waals surface area contributed by atoms with Crippen molar-refractivity contribution in [3.63, 3.8) is 0 Å². The fourth-order valence-electron chi connectivity index (χ4n) is 2.16. The molecule has 0 spiro atoms. The minimum Gasteiger partial charge on any atom is -0.396 e. The molecule has 0 bridgehead atoms. The van der Waals surface area contributed by atoms with Crippen LogP contribution in [0.15, 0.2) is 18.2 Å². The van der Waals surface area contributed by atoms with E-state index < -0.39 is 0 Å². The minimum absolute atomic E-state index is 0.0939. The number of hydrogen-bond donors (Lipinski definition) is 2. The topological polar surface area (TPSA) is 35.5 Å². The molecule has 0 saturated heterocycles. The Morgan fingerprint density at radius 1 is 1.19 bits per heavy atom. The van der Waals surface area contributed by atoms with Crippen LogP contribution in [0.5, 0.6) is 0 Å². The number of halogens is 1. The molecular weight excluding hydrogens is 284 g/mol. The first-order chi connectivity index (χ1) is 9.83. The highest BCUT2D eigenvalue weighted by Crippen LogP contribution is 2.25. The Labute approximate surface area is 134 Å². The van der Waals surface area contributed by atoms with E-state index >= 15 is 0 Å². The third-order valence-corrected chi connectivity index (χ3v) is 3.65. The third-order valence-electron chi connectivity index (χ3n) is 3.42. The van der Waals surface area contributed by atoms with Gasteiger partial charge in [0.2, 0.25) is 0 Å². The first-order valence-electron chi connectivity index (χ1n) is 7.69. The highest BCUT2D eigenvalue weighted by molar-refractivity contribution is 6.30. The van der Waals surface area contributed by atoms with Gasteiger partial charge < -0.3 is 15.3 Å². The zero-order valence-corrected chi connectivity index (χ0v) is 14.5. The standard InChI is InChI=1S/C17H29ClN2O/c1-17(2,3)19-13-14-8-9-15(18)12-16(14)20(4)10-6-5-7-11-21/h8-9,12,19,21H,5-7,10-11,13H2,1-4H3. The quantitative estimate of drug-likeness (QED) is 0.716. The van der Waals surface area contributed by atoms with Gasteiger partial charge in [0.1, 0.15) is 0 Å². The lowest BCUT2D eigenvalue weighted by Crippen LogP contribution is -2.35. The predicted octanol–water partition coefficient (Wildman–Crippen LogP) is 3.83. The molecule has 0 aromatic heterocycles. The summed E-state index contributed by atoms with van der Waals surface area (Å²) < 4.78 is 0. The molecule has 21 heavy (non-hydrogen) atoms. The molecule has 0 aliphatic heterocycles. The van der Waals surface area contributed by atoms with Gasteiger partial charge in [-0.05, 0) is 57.7 Å². The zero-order chi connectivity index (χ0) is 15.9. The second kappa shape index (κ2) is 8.62. The second-order valence-electron chi connectivity index (χ2n) is 6.58. The Hall–Kier alpha value is -0.770. The Morgan fingerprint density at radius 2 is 1.90 bits per heavy atom. The fourth-order valence-corrected chi connectivity index (χ4v) is 2.33. The Balaban J connectivity index is 2.71. The van der Waals surface area contributed by atoms with Crippen molar-refractivity contribution < 1.29 is 5.11 Å². The molecular formula is C17H29ClN2O. The van der Waals surface area contributed by atoms with Gasteiger partial charge >= 0.3 is 0 Å².